The molecule has 0 bridgehead atoms. The summed E-state index contributed by atoms with van der Waals surface area (Å²) < 4.78 is 0. The van der Waals surface area contributed by atoms with Gasteiger partial charge in [-0.05, 0) is 6.42 Å². The molecule has 0 atom stereocenters. The number of hydrogen-bond donors (Lipinski definition) is 0. The second-order valence-corrected chi connectivity index (χ2v) is 0.726. The van der Waals surface area contributed by atoms with E-state index in [0.717, 1.165) is 0 Å². The fourth-order valence-electron chi connectivity index (χ4n) is 0. The first-order valence-corrected chi connectivity index (χ1v) is 1.47. The van der Waals surface area contributed by atoms with E-state index >= 15 is 0 Å². The average molecular weight is 131 g/mol. The van der Waals surface area contributed by atoms with Gasteiger partial charge in [0.1, 0.15) is 0 Å². The fraction of sp³-hybridized carbons (Fsp3) is 0.667. The molecule has 0 aromatic heterocycles. The Kier molecular flexibility index (Phi) is 22.0. The van der Waals surface area contributed by atoms with Crippen molar-refractivity contribution in [3.63, 3.8) is 0 Å². The number of aliphatic carboxylic acids is 1. The van der Waals surface area contributed by atoms with Crippen molar-refractivity contribution < 1.29 is 15.4 Å². The third kappa shape index (κ3) is 20.3. The van der Waals surface area contributed by atoms with Crippen molar-refractivity contribution in [2.45, 2.75) is 13.3 Å². The minimum absolute atomic E-state index is 0. The van der Waals surface area contributed by atoms with Gasteiger partial charge in [-0.15, -0.1) is 0 Å². The first kappa shape index (κ1) is 15.6. The van der Waals surface area contributed by atoms with Crippen molar-refractivity contribution in [2.24, 2.45) is 0 Å². The Morgan fingerprint density at radius 3 is 1.86 bits per heavy atom. The molecule has 38 valence electrons. The van der Waals surface area contributed by atoms with Crippen molar-refractivity contribution >= 4 is 43.7 Å². The molecule has 0 spiro atoms. The van der Waals surface area contributed by atoms with E-state index in [-0.39, 0.29) is 49.6 Å². The van der Waals surface area contributed by atoms with Crippen LogP contribution in [0.4, 0.5) is 0 Å². The zero-order valence-electron chi connectivity index (χ0n) is 4.23. The molecular weight excluding hydrogens is 124 g/mol. The van der Waals surface area contributed by atoms with Gasteiger partial charge in [0.2, 0.25) is 0 Å². The van der Waals surface area contributed by atoms with Crippen LogP contribution < -0.4 is 5.11 Å². The van der Waals surface area contributed by atoms with E-state index in [0.29, 0.717) is 0 Å². The van der Waals surface area contributed by atoms with Crippen molar-refractivity contribution in [3.05, 3.63) is 0 Å². The molecule has 0 fully saturated rings. The number of rotatable bonds is 1. The predicted molar refractivity (Wildman–Crippen MR) is 24.7 cm³/mol. The number of carbonyl (C=O) groups excluding carboxylic acids is 1. The molecule has 2 N–H and O–H groups in total. The zero-order valence-corrected chi connectivity index (χ0v) is 6.44. The van der Waals surface area contributed by atoms with Crippen LogP contribution in [0.2, 0.25) is 0 Å². The molecule has 0 aliphatic heterocycles. The molecule has 0 radical (unpaired) electrons. The van der Waals surface area contributed by atoms with Gasteiger partial charge < -0.3 is 15.4 Å². The minimum atomic E-state index is -0.995. The van der Waals surface area contributed by atoms with Crippen molar-refractivity contribution in [1.82, 2.24) is 0 Å². The maximum atomic E-state index is 9.26. The van der Waals surface area contributed by atoms with E-state index in [1.807, 2.05) is 0 Å². The summed E-state index contributed by atoms with van der Waals surface area (Å²) in [6.07, 6.45) is 0.111. The van der Waals surface area contributed by atoms with E-state index in [1.165, 1.54) is 6.92 Å². The summed E-state index contributed by atoms with van der Waals surface area (Å²) in [4.78, 5) is 9.26. The predicted octanol–water partition coefficient (Wildman–Crippen LogP) is -2.06. The Bertz CT molecular complexity index is 45.4. The average Bonchev–Trinajstić information content (AvgIpc) is 1.38. The second-order valence-electron chi connectivity index (χ2n) is 0.726. The van der Waals surface area contributed by atoms with Crippen LogP contribution >= 0.6 is 0 Å². The van der Waals surface area contributed by atoms with Crippen LogP contribution in [0.15, 0.2) is 0 Å². The van der Waals surface area contributed by atoms with Crippen LogP contribution in [0.1, 0.15) is 13.3 Å². The molecule has 3 nitrogen and oxygen atoms in total. The summed E-state index contributed by atoms with van der Waals surface area (Å²) in [6.45, 7) is 1.54. The number of hydrogen-bond acceptors (Lipinski definition) is 2. The molecule has 0 saturated heterocycles. The smallest absolute Gasteiger partial charge is 0.550 e. The van der Waals surface area contributed by atoms with Gasteiger partial charge in [0.25, 0.3) is 0 Å². The van der Waals surface area contributed by atoms with Crippen LogP contribution in [-0.4, -0.2) is 49.2 Å². The van der Waals surface area contributed by atoms with E-state index in [1.54, 1.807) is 0 Å². The third-order valence-corrected chi connectivity index (χ3v) is 0.289. The van der Waals surface area contributed by atoms with Gasteiger partial charge in [-0.25, -0.2) is 0 Å². The van der Waals surface area contributed by atoms with Crippen molar-refractivity contribution in [3.8, 4) is 0 Å². The Labute approximate surface area is 72.0 Å². The number of carbonyl (C=O) groups is 1. The molecule has 0 rings (SSSR count). The van der Waals surface area contributed by atoms with Crippen LogP contribution in [0.25, 0.3) is 0 Å². The Morgan fingerprint density at radius 1 is 1.71 bits per heavy atom. The Morgan fingerprint density at radius 2 is 1.86 bits per heavy atom. The first-order chi connectivity index (χ1) is 2.27. The molecule has 0 aliphatic rings. The van der Waals surface area contributed by atoms with Gasteiger partial charge in [0.05, 0.1) is 0 Å². The SMILES string of the molecule is CCC(=O)[O-].O.[Ca+2]. The molecule has 0 aromatic carbocycles. The number of carboxylic acid groups (broad SMARTS) is 1. The maximum absolute atomic E-state index is 9.26. The summed E-state index contributed by atoms with van der Waals surface area (Å²) in [6, 6.07) is 0. The van der Waals surface area contributed by atoms with Crippen molar-refractivity contribution in [2.75, 3.05) is 0 Å². The van der Waals surface area contributed by atoms with E-state index in [9.17, 15) is 9.90 Å². The normalized spacial score (nSPS) is 5.29. The molecule has 0 aliphatic carbocycles. The Balaban J connectivity index is -0.0000000800. The minimum Gasteiger partial charge on any atom is -0.550 e. The summed E-state index contributed by atoms with van der Waals surface area (Å²) >= 11 is 0. The number of carboxylic acids is 1. The van der Waals surface area contributed by atoms with E-state index < -0.39 is 5.97 Å². The molecule has 0 aromatic rings. The second kappa shape index (κ2) is 9.85. The quantitative estimate of drug-likeness (QED) is 0.384. The summed E-state index contributed by atoms with van der Waals surface area (Å²) in [5.41, 5.74) is 0. The standard InChI is InChI=1S/C3H6O2.Ca.H2O/c1-2-3(4)5;;/h2H2,1H3,(H,4,5);;1H2/q;+2;/p-1. The molecule has 7 heavy (non-hydrogen) atoms. The molecular formula is C3H7CaO3+. The van der Waals surface area contributed by atoms with Gasteiger partial charge >= 0.3 is 37.7 Å². The third-order valence-electron chi connectivity index (χ3n) is 0.289. The molecule has 0 saturated carbocycles. The van der Waals surface area contributed by atoms with Crippen LogP contribution in [0.5, 0.6) is 0 Å². The van der Waals surface area contributed by atoms with Gasteiger partial charge in [-0.1, -0.05) is 6.92 Å². The first-order valence-electron chi connectivity index (χ1n) is 1.47. The zero-order chi connectivity index (χ0) is 4.28. The van der Waals surface area contributed by atoms with Crippen LogP contribution in [-0.2, 0) is 4.79 Å². The van der Waals surface area contributed by atoms with Gasteiger partial charge in [-0.3, -0.25) is 0 Å². The van der Waals surface area contributed by atoms with Gasteiger partial charge in [0.15, 0.2) is 0 Å². The van der Waals surface area contributed by atoms with Gasteiger partial charge in [-0.2, -0.15) is 0 Å². The topological polar surface area (TPSA) is 71.6 Å². The summed E-state index contributed by atoms with van der Waals surface area (Å²) in [7, 11) is 0. The van der Waals surface area contributed by atoms with E-state index in [2.05, 4.69) is 0 Å². The van der Waals surface area contributed by atoms with E-state index in [4.69, 9.17) is 0 Å². The van der Waals surface area contributed by atoms with Crippen molar-refractivity contribution in [1.29, 1.82) is 0 Å². The fourth-order valence-corrected chi connectivity index (χ4v) is 0. The Hall–Kier alpha value is 0.690. The largest absolute Gasteiger partial charge is 2.00 e. The maximum Gasteiger partial charge on any atom is 2.00 e. The van der Waals surface area contributed by atoms with Gasteiger partial charge in [0, 0.05) is 5.97 Å². The monoisotopic (exact) mass is 131 g/mol. The van der Waals surface area contributed by atoms with Crippen LogP contribution in [0, 0.1) is 0 Å². The molecule has 4 heteroatoms. The van der Waals surface area contributed by atoms with Crippen LogP contribution in [0.3, 0.4) is 0 Å². The summed E-state index contributed by atoms with van der Waals surface area (Å²) in [5, 5.41) is 9.26. The molecule has 0 heterocycles. The molecule has 0 unspecified atom stereocenters. The molecule has 0 amide bonds. The summed E-state index contributed by atoms with van der Waals surface area (Å²) in [5.74, 6) is -0.995.